The Hall–Kier alpha value is -1.40. The van der Waals surface area contributed by atoms with Crippen LogP contribution < -0.4 is 5.14 Å². The minimum absolute atomic E-state index is 0.0232. The highest BCUT2D eigenvalue weighted by molar-refractivity contribution is 7.89. The lowest BCUT2D eigenvalue weighted by atomic mass is 9.97. The van der Waals surface area contributed by atoms with Crippen molar-refractivity contribution in [3.63, 3.8) is 0 Å². The number of rotatable bonds is 4. The van der Waals surface area contributed by atoms with E-state index in [1.807, 2.05) is 6.92 Å². The van der Waals surface area contributed by atoms with E-state index < -0.39 is 10.0 Å². The summed E-state index contributed by atoms with van der Waals surface area (Å²) < 4.78 is 27.9. The molecule has 2 aliphatic rings. The van der Waals surface area contributed by atoms with Crippen LogP contribution in [0, 0.1) is 11.3 Å². The number of carbonyl (C=O) groups is 1. The number of esters is 1. The number of hydrogen-bond donors (Lipinski definition) is 1. The molecule has 0 saturated heterocycles. The SMILES string of the molecule is CCOC(=O)C1C(c2ccc(S(N)(=O)=O)cc2)C12CCCC2. The summed E-state index contributed by atoms with van der Waals surface area (Å²) in [5, 5.41) is 5.13. The Labute approximate surface area is 130 Å². The second-order valence-electron chi connectivity index (χ2n) is 6.26. The Morgan fingerprint density at radius 2 is 1.86 bits per heavy atom. The Kier molecular flexibility index (Phi) is 3.77. The summed E-state index contributed by atoms with van der Waals surface area (Å²) >= 11 is 0. The van der Waals surface area contributed by atoms with Crippen LogP contribution in [0.5, 0.6) is 0 Å². The summed E-state index contributed by atoms with van der Waals surface area (Å²) in [6, 6.07) is 6.61. The molecule has 120 valence electrons. The van der Waals surface area contributed by atoms with Crippen LogP contribution in [0.25, 0.3) is 0 Å². The number of hydrogen-bond acceptors (Lipinski definition) is 4. The van der Waals surface area contributed by atoms with Crippen LogP contribution in [0.2, 0.25) is 0 Å². The van der Waals surface area contributed by atoms with E-state index in [0.717, 1.165) is 31.2 Å². The molecule has 5 nitrogen and oxygen atoms in total. The van der Waals surface area contributed by atoms with E-state index in [9.17, 15) is 13.2 Å². The Morgan fingerprint density at radius 1 is 1.27 bits per heavy atom. The van der Waals surface area contributed by atoms with Crippen molar-refractivity contribution in [2.75, 3.05) is 6.61 Å². The molecule has 1 aromatic carbocycles. The Bertz CT molecular complexity index is 675. The van der Waals surface area contributed by atoms with Gasteiger partial charge in [0.2, 0.25) is 10.0 Å². The Balaban J connectivity index is 1.88. The number of nitrogens with two attached hydrogens (primary N) is 1. The van der Waals surface area contributed by atoms with Crippen molar-refractivity contribution >= 4 is 16.0 Å². The molecule has 3 rings (SSSR count). The summed E-state index contributed by atoms with van der Waals surface area (Å²) in [6.45, 7) is 2.21. The quantitative estimate of drug-likeness (QED) is 0.860. The van der Waals surface area contributed by atoms with Crippen molar-refractivity contribution in [3.05, 3.63) is 29.8 Å². The van der Waals surface area contributed by atoms with Crippen LogP contribution in [0.3, 0.4) is 0 Å². The third-order valence-electron chi connectivity index (χ3n) is 5.11. The molecule has 0 amide bonds. The zero-order valence-electron chi connectivity index (χ0n) is 12.6. The molecule has 2 fully saturated rings. The van der Waals surface area contributed by atoms with Gasteiger partial charge in [-0.15, -0.1) is 0 Å². The molecule has 0 bridgehead atoms. The van der Waals surface area contributed by atoms with E-state index in [2.05, 4.69) is 0 Å². The lowest BCUT2D eigenvalue weighted by Crippen LogP contribution is -2.12. The molecule has 2 N–H and O–H groups in total. The van der Waals surface area contributed by atoms with Crippen LogP contribution in [0.4, 0.5) is 0 Å². The molecule has 0 aliphatic heterocycles. The van der Waals surface area contributed by atoms with Crippen molar-refractivity contribution < 1.29 is 17.9 Å². The lowest BCUT2D eigenvalue weighted by Gasteiger charge is -2.08. The highest BCUT2D eigenvalue weighted by Gasteiger charge is 2.69. The van der Waals surface area contributed by atoms with Gasteiger partial charge in [0.1, 0.15) is 0 Å². The third-order valence-corrected chi connectivity index (χ3v) is 6.03. The molecule has 1 aromatic rings. The van der Waals surface area contributed by atoms with E-state index in [1.54, 1.807) is 12.1 Å². The smallest absolute Gasteiger partial charge is 0.310 e. The monoisotopic (exact) mass is 323 g/mol. The molecule has 2 unspecified atom stereocenters. The number of carbonyl (C=O) groups excluding carboxylic acids is 1. The van der Waals surface area contributed by atoms with Gasteiger partial charge in [0.05, 0.1) is 17.4 Å². The number of benzene rings is 1. The van der Waals surface area contributed by atoms with E-state index in [-0.39, 0.29) is 28.1 Å². The highest BCUT2D eigenvalue weighted by Crippen LogP contribution is 2.72. The predicted molar refractivity (Wildman–Crippen MR) is 81.6 cm³/mol. The van der Waals surface area contributed by atoms with Gasteiger partial charge in [-0.25, -0.2) is 13.6 Å². The first kappa shape index (κ1) is 15.5. The minimum Gasteiger partial charge on any atom is -0.466 e. The molecule has 22 heavy (non-hydrogen) atoms. The molecule has 1 spiro atoms. The largest absolute Gasteiger partial charge is 0.466 e. The van der Waals surface area contributed by atoms with Gasteiger partial charge in [0.25, 0.3) is 0 Å². The number of primary sulfonamides is 1. The van der Waals surface area contributed by atoms with E-state index >= 15 is 0 Å². The summed E-state index contributed by atoms with van der Waals surface area (Å²) in [6.07, 6.45) is 4.36. The topological polar surface area (TPSA) is 86.5 Å². The first-order valence-electron chi connectivity index (χ1n) is 7.69. The third kappa shape index (κ3) is 2.44. The van der Waals surface area contributed by atoms with Crippen molar-refractivity contribution in [3.8, 4) is 0 Å². The fraction of sp³-hybridized carbons (Fsp3) is 0.562. The molecule has 2 aliphatic carbocycles. The fourth-order valence-corrected chi connectivity index (χ4v) is 4.65. The van der Waals surface area contributed by atoms with Crippen LogP contribution in [-0.2, 0) is 19.6 Å². The van der Waals surface area contributed by atoms with E-state index in [4.69, 9.17) is 9.88 Å². The summed E-state index contributed by atoms with van der Waals surface area (Å²) in [4.78, 5) is 12.3. The van der Waals surface area contributed by atoms with Crippen LogP contribution in [-0.4, -0.2) is 21.0 Å². The van der Waals surface area contributed by atoms with Gasteiger partial charge in [-0.2, -0.15) is 0 Å². The molecule has 0 heterocycles. The van der Waals surface area contributed by atoms with Crippen LogP contribution >= 0.6 is 0 Å². The van der Waals surface area contributed by atoms with Gasteiger partial charge in [-0.05, 0) is 42.9 Å². The second kappa shape index (κ2) is 5.35. The molecular weight excluding hydrogens is 302 g/mol. The average Bonchev–Trinajstić information content (AvgIpc) is 2.83. The van der Waals surface area contributed by atoms with Gasteiger partial charge in [-0.1, -0.05) is 25.0 Å². The second-order valence-corrected chi connectivity index (χ2v) is 7.82. The van der Waals surface area contributed by atoms with Gasteiger partial charge < -0.3 is 4.74 Å². The number of sulfonamides is 1. The summed E-state index contributed by atoms with van der Waals surface area (Å²) in [5.41, 5.74) is 1.03. The van der Waals surface area contributed by atoms with Crippen molar-refractivity contribution in [1.82, 2.24) is 0 Å². The van der Waals surface area contributed by atoms with Crippen LogP contribution in [0.1, 0.15) is 44.1 Å². The Morgan fingerprint density at radius 3 is 2.36 bits per heavy atom. The van der Waals surface area contributed by atoms with Gasteiger partial charge >= 0.3 is 5.97 Å². The fourth-order valence-electron chi connectivity index (χ4n) is 4.14. The molecule has 0 aromatic heterocycles. The highest BCUT2D eigenvalue weighted by atomic mass is 32.2. The van der Waals surface area contributed by atoms with E-state index in [0.29, 0.717) is 6.61 Å². The maximum Gasteiger partial charge on any atom is 0.310 e. The first-order chi connectivity index (χ1) is 10.4. The van der Waals surface area contributed by atoms with E-state index in [1.165, 1.54) is 12.1 Å². The maximum atomic E-state index is 12.2. The summed E-state index contributed by atoms with van der Waals surface area (Å²) in [7, 11) is -3.68. The van der Waals surface area contributed by atoms with Crippen LogP contribution in [0.15, 0.2) is 29.2 Å². The molecule has 2 atom stereocenters. The molecule has 0 radical (unpaired) electrons. The van der Waals surface area contributed by atoms with Crippen molar-refractivity contribution in [2.24, 2.45) is 16.5 Å². The van der Waals surface area contributed by atoms with Gasteiger partial charge in [-0.3, -0.25) is 4.79 Å². The average molecular weight is 323 g/mol. The minimum atomic E-state index is -3.68. The van der Waals surface area contributed by atoms with Gasteiger partial charge in [0, 0.05) is 5.92 Å². The first-order valence-corrected chi connectivity index (χ1v) is 9.24. The zero-order valence-corrected chi connectivity index (χ0v) is 13.4. The molecule has 6 heteroatoms. The molecular formula is C16H21NO4S. The van der Waals surface area contributed by atoms with Gasteiger partial charge in [0.15, 0.2) is 0 Å². The number of ether oxygens (including phenoxy) is 1. The normalized spacial score (nSPS) is 26.1. The lowest BCUT2D eigenvalue weighted by molar-refractivity contribution is -0.145. The standard InChI is InChI=1S/C16H21NO4S/c1-2-21-15(18)14-13(16(14)9-3-4-10-16)11-5-7-12(8-6-11)22(17,19)20/h5-8,13-14H,2-4,9-10H2,1H3,(H2,17,19,20). The van der Waals surface area contributed by atoms with Crippen molar-refractivity contribution in [2.45, 2.75) is 43.4 Å². The van der Waals surface area contributed by atoms with Crippen molar-refractivity contribution in [1.29, 1.82) is 0 Å². The maximum absolute atomic E-state index is 12.2. The summed E-state index contributed by atoms with van der Waals surface area (Å²) in [5.74, 6) is -0.0659. The molecule has 2 saturated carbocycles. The zero-order chi connectivity index (χ0) is 16.0. The predicted octanol–water partition coefficient (Wildman–Crippen LogP) is 2.17.